The van der Waals surface area contributed by atoms with Gasteiger partial charge in [0, 0.05) is 19.2 Å². The third-order valence-corrected chi connectivity index (χ3v) is 3.51. The Morgan fingerprint density at radius 1 is 1.21 bits per heavy atom. The van der Waals surface area contributed by atoms with Crippen molar-refractivity contribution in [1.82, 2.24) is 9.78 Å². The van der Waals surface area contributed by atoms with Gasteiger partial charge in [0.15, 0.2) is 0 Å². The second kappa shape index (κ2) is 5.05. The highest BCUT2D eigenvalue weighted by Gasteiger charge is 2.15. The lowest BCUT2D eigenvalue weighted by molar-refractivity contribution is 0.408. The molecule has 0 fully saturated rings. The molecule has 0 radical (unpaired) electrons. The summed E-state index contributed by atoms with van der Waals surface area (Å²) >= 11 is 0. The molecule has 1 heterocycles. The van der Waals surface area contributed by atoms with Crippen LogP contribution in [0.3, 0.4) is 0 Å². The van der Waals surface area contributed by atoms with Crippen molar-refractivity contribution in [2.75, 3.05) is 7.11 Å². The Morgan fingerprint density at radius 3 is 2.21 bits per heavy atom. The lowest BCUT2D eigenvalue weighted by Gasteiger charge is -2.12. The van der Waals surface area contributed by atoms with Gasteiger partial charge in [-0.1, -0.05) is 0 Å². The number of aryl methyl sites for hydroxylation is 3. The van der Waals surface area contributed by atoms with E-state index in [4.69, 9.17) is 10.5 Å². The van der Waals surface area contributed by atoms with Crippen LogP contribution in [0.4, 0.5) is 0 Å². The first-order valence-electron chi connectivity index (χ1n) is 6.37. The Balaban J connectivity index is 2.63. The van der Waals surface area contributed by atoms with Gasteiger partial charge in [0.05, 0.1) is 18.5 Å². The Morgan fingerprint density at radius 2 is 1.79 bits per heavy atom. The number of rotatable bonds is 3. The average Bonchev–Trinajstić information content (AvgIpc) is 2.63. The third kappa shape index (κ3) is 2.24. The zero-order valence-electron chi connectivity index (χ0n) is 12.2. The second-order valence-corrected chi connectivity index (χ2v) is 4.89. The molecule has 0 unspecified atom stereocenters. The van der Waals surface area contributed by atoms with Gasteiger partial charge >= 0.3 is 0 Å². The van der Waals surface area contributed by atoms with Gasteiger partial charge in [0.25, 0.3) is 0 Å². The molecule has 4 heteroatoms. The van der Waals surface area contributed by atoms with Crippen LogP contribution in [0.5, 0.6) is 5.75 Å². The topological polar surface area (TPSA) is 53.1 Å². The minimum atomic E-state index is 0.466. The monoisotopic (exact) mass is 259 g/mol. The first-order valence-corrected chi connectivity index (χ1v) is 6.37. The molecule has 2 N–H and O–H groups in total. The standard InChI is InChI=1S/C15H21N3O/c1-9-6-12(7-10(2)15(9)19-5)14-11(3)13(8-16)17-18(14)4/h6-7H,8,16H2,1-5H3. The molecule has 19 heavy (non-hydrogen) atoms. The molecule has 0 amide bonds. The molecule has 0 aliphatic heterocycles. The van der Waals surface area contributed by atoms with Crippen LogP contribution in [0.25, 0.3) is 11.3 Å². The molecule has 0 aliphatic rings. The van der Waals surface area contributed by atoms with E-state index in [2.05, 4.69) is 38.0 Å². The molecule has 0 atom stereocenters. The summed E-state index contributed by atoms with van der Waals surface area (Å²) in [5, 5.41) is 4.47. The molecule has 0 saturated carbocycles. The van der Waals surface area contributed by atoms with E-state index in [9.17, 15) is 0 Å². The van der Waals surface area contributed by atoms with E-state index < -0.39 is 0 Å². The lowest BCUT2D eigenvalue weighted by Crippen LogP contribution is -1.99. The van der Waals surface area contributed by atoms with Gasteiger partial charge in [-0.2, -0.15) is 5.10 Å². The summed E-state index contributed by atoms with van der Waals surface area (Å²) in [5.74, 6) is 0.947. The van der Waals surface area contributed by atoms with Crippen LogP contribution in [0.1, 0.15) is 22.4 Å². The number of benzene rings is 1. The Kier molecular flexibility index (Phi) is 3.62. The van der Waals surface area contributed by atoms with E-state index in [-0.39, 0.29) is 0 Å². The van der Waals surface area contributed by atoms with Crippen molar-refractivity contribution in [1.29, 1.82) is 0 Å². The molecule has 0 aliphatic carbocycles. The smallest absolute Gasteiger partial charge is 0.124 e. The molecule has 0 bridgehead atoms. The van der Waals surface area contributed by atoms with Crippen LogP contribution >= 0.6 is 0 Å². The lowest BCUT2D eigenvalue weighted by atomic mass is 10.0. The fourth-order valence-electron chi connectivity index (χ4n) is 2.69. The number of methoxy groups -OCH3 is 1. The predicted octanol–water partition coefficient (Wildman–Crippen LogP) is 2.48. The molecular weight excluding hydrogens is 238 g/mol. The van der Waals surface area contributed by atoms with Crippen molar-refractivity contribution in [3.05, 3.63) is 34.5 Å². The SMILES string of the molecule is COc1c(C)cc(-c2c(C)c(CN)nn2C)cc1C. The number of ether oxygens (including phenoxy) is 1. The minimum absolute atomic E-state index is 0.466. The van der Waals surface area contributed by atoms with Crippen LogP contribution in [0.2, 0.25) is 0 Å². The van der Waals surface area contributed by atoms with Crippen molar-refractivity contribution in [2.45, 2.75) is 27.3 Å². The first kappa shape index (κ1) is 13.6. The van der Waals surface area contributed by atoms with Gasteiger partial charge in [-0.25, -0.2) is 0 Å². The summed E-state index contributed by atoms with van der Waals surface area (Å²) in [6.07, 6.45) is 0. The summed E-state index contributed by atoms with van der Waals surface area (Å²) in [6, 6.07) is 4.27. The van der Waals surface area contributed by atoms with Crippen molar-refractivity contribution in [3.8, 4) is 17.0 Å². The highest BCUT2D eigenvalue weighted by Crippen LogP contribution is 2.32. The summed E-state index contributed by atoms with van der Waals surface area (Å²) < 4.78 is 7.31. The van der Waals surface area contributed by atoms with Crippen molar-refractivity contribution in [2.24, 2.45) is 12.8 Å². The molecule has 0 spiro atoms. The van der Waals surface area contributed by atoms with Crippen LogP contribution in [-0.4, -0.2) is 16.9 Å². The molecule has 4 nitrogen and oxygen atoms in total. The largest absolute Gasteiger partial charge is 0.496 e. The fourth-order valence-corrected chi connectivity index (χ4v) is 2.69. The first-order chi connectivity index (χ1) is 8.99. The van der Waals surface area contributed by atoms with E-state index in [1.54, 1.807) is 7.11 Å². The average molecular weight is 259 g/mol. The van der Waals surface area contributed by atoms with E-state index >= 15 is 0 Å². The summed E-state index contributed by atoms with van der Waals surface area (Å²) in [7, 11) is 3.66. The quantitative estimate of drug-likeness (QED) is 0.921. The fraction of sp³-hybridized carbons (Fsp3) is 0.400. The number of aromatic nitrogens is 2. The molecular formula is C15H21N3O. The van der Waals surface area contributed by atoms with E-state index in [1.807, 2.05) is 11.7 Å². The third-order valence-electron chi connectivity index (χ3n) is 3.51. The van der Waals surface area contributed by atoms with Crippen LogP contribution in [0, 0.1) is 20.8 Å². The van der Waals surface area contributed by atoms with E-state index in [1.165, 1.54) is 0 Å². The van der Waals surface area contributed by atoms with Crippen LogP contribution in [-0.2, 0) is 13.6 Å². The normalized spacial score (nSPS) is 10.8. The van der Waals surface area contributed by atoms with Crippen molar-refractivity contribution in [3.63, 3.8) is 0 Å². The highest BCUT2D eigenvalue weighted by molar-refractivity contribution is 5.68. The summed E-state index contributed by atoms with van der Waals surface area (Å²) in [6.45, 7) is 6.66. The Labute approximate surface area is 114 Å². The maximum Gasteiger partial charge on any atom is 0.124 e. The van der Waals surface area contributed by atoms with Crippen molar-refractivity contribution < 1.29 is 4.74 Å². The number of hydrogen-bond donors (Lipinski definition) is 1. The van der Waals surface area contributed by atoms with Crippen LogP contribution in [0.15, 0.2) is 12.1 Å². The van der Waals surface area contributed by atoms with Gasteiger partial charge in [-0.3, -0.25) is 4.68 Å². The maximum atomic E-state index is 5.72. The molecule has 2 rings (SSSR count). The predicted molar refractivity (Wildman–Crippen MR) is 77.3 cm³/mol. The van der Waals surface area contributed by atoms with Gasteiger partial charge in [-0.15, -0.1) is 0 Å². The molecule has 2 aromatic rings. The zero-order chi connectivity index (χ0) is 14.2. The Hall–Kier alpha value is -1.81. The number of hydrogen-bond acceptors (Lipinski definition) is 3. The van der Waals surface area contributed by atoms with Gasteiger partial charge in [-0.05, 0) is 49.6 Å². The Bertz CT molecular complexity index is 591. The zero-order valence-corrected chi connectivity index (χ0v) is 12.2. The molecule has 0 saturated heterocycles. The highest BCUT2D eigenvalue weighted by atomic mass is 16.5. The van der Waals surface area contributed by atoms with Crippen LogP contribution < -0.4 is 10.5 Å². The van der Waals surface area contributed by atoms with Crippen molar-refractivity contribution >= 4 is 0 Å². The maximum absolute atomic E-state index is 5.72. The van der Waals surface area contributed by atoms with Gasteiger partial charge in [0.1, 0.15) is 5.75 Å². The second-order valence-electron chi connectivity index (χ2n) is 4.89. The summed E-state index contributed by atoms with van der Waals surface area (Å²) in [5.41, 5.74) is 12.4. The molecule has 102 valence electrons. The molecule has 1 aromatic carbocycles. The molecule has 1 aromatic heterocycles. The van der Waals surface area contributed by atoms with Gasteiger partial charge < -0.3 is 10.5 Å². The van der Waals surface area contributed by atoms with E-state index in [0.29, 0.717) is 6.54 Å². The number of nitrogens with zero attached hydrogens (tertiary/aromatic N) is 2. The summed E-state index contributed by atoms with van der Waals surface area (Å²) in [4.78, 5) is 0. The minimum Gasteiger partial charge on any atom is -0.496 e. The number of nitrogens with two attached hydrogens (primary N) is 1. The van der Waals surface area contributed by atoms with Gasteiger partial charge in [0.2, 0.25) is 0 Å². The van der Waals surface area contributed by atoms with E-state index in [0.717, 1.165) is 39.4 Å².